The molecular weight excluding hydrogens is 491 g/mol. The van der Waals surface area contributed by atoms with E-state index in [0.717, 1.165) is 17.1 Å². The monoisotopic (exact) mass is 514 g/mol. The third-order valence-corrected chi connectivity index (χ3v) is 5.84. The van der Waals surface area contributed by atoms with Gasteiger partial charge in [-0.2, -0.15) is 4.57 Å². The second-order valence-electron chi connectivity index (χ2n) is 6.86. The fourth-order valence-corrected chi connectivity index (χ4v) is 4.08. The van der Waals surface area contributed by atoms with E-state index >= 15 is 0 Å². The average molecular weight is 514 g/mol. The van der Waals surface area contributed by atoms with Crippen LogP contribution in [0.3, 0.4) is 0 Å². The SMILES string of the molecule is CN(C)c1ccc(/C=C/c2ccc(/C=C/c3sc4ccccc4[n+]3C)o2)cc1.[I-]. The second kappa shape index (κ2) is 9.41. The Kier molecular flexibility index (Phi) is 6.92. The number of benzene rings is 2. The van der Waals surface area contributed by atoms with Gasteiger partial charge in [0, 0.05) is 31.9 Å². The molecule has 0 amide bonds. The van der Waals surface area contributed by atoms with Gasteiger partial charge in [-0.15, -0.1) is 0 Å². The molecule has 0 unspecified atom stereocenters. The van der Waals surface area contributed by atoms with Gasteiger partial charge in [0.15, 0.2) is 0 Å². The summed E-state index contributed by atoms with van der Waals surface area (Å²) in [6.45, 7) is 0. The molecule has 0 spiro atoms. The Balaban J connectivity index is 0.00000240. The van der Waals surface area contributed by atoms with Crippen molar-refractivity contribution in [1.29, 1.82) is 0 Å². The highest BCUT2D eigenvalue weighted by molar-refractivity contribution is 7.18. The Morgan fingerprint density at radius 2 is 1.48 bits per heavy atom. The van der Waals surface area contributed by atoms with Gasteiger partial charge >= 0.3 is 0 Å². The lowest BCUT2D eigenvalue weighted by Gasteiger charge is -2.11. The third kappa shape index (κ3) is 4.97. The first-order valence-corrected chi connectivity index (χ1v) is 10.0. The van der Waals surface area contributed by atoms with Crippen LogP contribution < -0.4 is 33.4 Å². The lowest BCUT2D eigenvalue weighted by atomic mass is 10.2. The Morgan fingerprint density at radius 1 is 0.828 bits per heavy atom. The molecule has 4 rings (SSSR count). The quantitative estimate of drug-likeness (QED) is 0.302. The number of anilines is 1. The number of nitrogens with zero attached hydrogens (tertiary/aromatic N) is 2. The zero-order valence-electron chi connectivity index (χ0n) is 16.7. The first-order valence-electron chi connectivity index (χ1n) is 9.21. The average Bonchev–Trinajstić information content (AvgIpc) is 3.29. The van der Waals surface area contributed by atoms with Gasteiger partial charge in [0.1, 0.15) is 23.3 Å². The molecule has 0 bridgehead atoms. The van der Waals surface area contributed by atoms with Gasteiger partial charge in [-0.3, -0.25) is 0 Å². The van der Waals surface area contributed by atoms with E-state index in [2.05, 4.69) is 77.2 Å². The van der Waals surface area contributed by atoms with E-state index in [-0.39, 0.29) is 24.0 Å². The van der Waals surface area contributed by atoms with Gasteiger partial charge in [-0.1, -0.05) is 41.7 Å². The predicted molar refractivity (Wildman–Crippen MR) is 120 cm³/mol. The molecule has 2 aromatic carbocycles. The number of aromatic nitrogens is 1. The van der Waals surface area contributed by atoms with Crippen LogP contribution in [0, 0.1) is 0 Å². The van der Waals surface area contributed by atoms with E-state index in [0.29, 0.717) is 0 Å². The molecule has 29 heavy (non-hydrogen) atoms. The van der Waals surface area contributed by atoms with Crippen LogP contribution >= 0.6 is 11.3 Å². The van der Waals surface area contributed by atoms with Crippen LogP contribution in [0.2, 0.25) is 0 Å². The maximum Gasteiger partial charge on any atom is 0.262 e. The lowest BCUT2D eigenvalue weighted by molar-refractivity contribution is -0.642. The smallest absolute Gasteiger partial charge is 0.262 e. The minimum absolute atomic E-state index is 0. The Morgan fingerprint density at radius 3 is 2.14 bits per heavy atom. The second-order valence-corrected chi connectivity index (χ2v) is 7.92. The van der Waals surface area contributed by atoms with Crippen LogP contribution in [-0.4, -0.2) is 14.1 Å². The number of hydrogen-bond acceptors (Lipinski definition) is 3. The van der Waals surface area contributed by atoms with E-state index in [4.69, 9.17) is 4.42 Å². The number of thiazole rings is 1. The van der Waals surface area contributed by atoms with Gasteiger partial charge in [-0.25, -0.2) is 0 Å². The summed E-state index contributed by atoms with van der Waals surface area (Å²) in [6, 6.07) is 20.9. The van der Waals surface area contributed by atoms with Gasteiger partial charge in [0.2, 0.25) is 5.52 Å². The van der Waals surface area contributed by atoms with Crippen molar-refractivity contribution in [2.75, 3.05) is 19.0 Å². The molecule has 0 N–H and O–H groups in total. The molecule has 0 radical (unpaired) electrons. The summed E-state index contributed by atoms with van der Waals surface area (Å²) < 4.78 is 9.41. The number of fused-ring (bicyclic) bond motifs is 1. The molecule has 0 saturated heterocycles. The largest absolute Gasteiger partial charge is 1.00 e. The number of hydrogen-bond donors (Lipinski definition) is 0. The van der Waals surface area contributed by atoms with Crippen LogP contribution in [-0.2, 0) is 7.05 Å². The highest BCUT2D eigenvalue weighted by Gasteiger charge is 2.13. The Bertz CT molecular complexity index is 1150. The summed E-state index contributed by atoms with van der Waals surface area (Å²) in [5.41, 5.74) is 3.59. The molecule has 2 heterocycles. The van der Waals surface area contributed by atoms with E-state index in [9.17, 15) is 0 Å². The Labute approximate surface area is 192 Å². The van der Waals surface area contributed by atoms with Crippen LogP contribution in [0.5, 0.6) is 0 Å². The van der Waals surface area contributed by atoms with E-state index in [1.54, 1.807) is 11.3 Å². The van der Waals surface area contributed by atoms with Crippen molar-refractivity contribution in [3.63, 3.8) is 0 Å². The fourth-order valence-electron chi connectivity index (χ4n) is 3.03. The van der Waals surface area contributed by atoms with Crippen molar-refractivity contribution in [3.8, 4) is 0 Å². The molecule has 3 nitrogen and oxygen atoms in total. The van der Waals surface area contributed by atoms with Crippen molar-refractivity contribution in [3.05, 3.63) is 82.8 Å². The third-order valence-electron chi connectivity index (χ3n) is 4.66. The molecule has 0 aliphatic heterocycles. The standard InChI is InChI=1S/C24H23N2OS.HI/c1-25(2)19-11-8-18(9-12-19)10-13-20-14-15-21(27-20)16-17-24-26(3)22-6-4-5-7-23(22)28-24;/h4-17H,1-3H3;1H/q+1;/p-1. The van der Waals surface area contributed by atoms with Gasteiger partial charge in [0.25, 0.3) is 5.01 Å². The summed E-state index contributed by atoms with van der Waals surface area (Å²) in [7, 11) is 6.18. The minimum Gasteiger partial charge on any atom is -1.00 e. The van der Waals surface area contributed by atoms with Crippen LogP contribution in [0.25, 0.3) is 34.5 Å². The molecule has 148 valence electrons. The lowest BCUT2D eigenvalue weighted by Crippen LogP contribution is -3.00. The zero-order valence-corrected chi connectivity index (χ0v) is 19.6. The maximum atomic E-state index is 5.92. The van der Waals surface area contributed by atoms with Crippen LogP contribution in [0.15, 0.2) is 65.1 Å². The van der Waals surface area contributed by atoms with Crippen LogP contribution in [0.1, 0.15) is 22.1 Å². The number of para-hydroxylation sites is 1. The molecule has 0 aliphatic carbocycles. The molecule has 5 heteroatoms. The first kappa shape index (κ1) is 21.3. The normalized spacial score (nSPS) is 11.4. The van der Waals surface area contributed by atoms with E-state index in [1.165, 1.54) is 20.9 Å². The number of aryl methyl sites for hydroxylation is 1. The molecule has 0 fully saturated rings. The Hall–Kier alpha value is -2.38. The van der Waals surface area contributed by atoms with Gasteiger partial charge in [-0.05, 0) is 48.0 Å². The minimum atomic E-state index is 0. The topological polar surface area (TPSA) is 20.3 Å². The molecular formula is C24H23IN2OS. The van der Waals surface area contributed by atoms with Crippen molar-refractivity contribution in [1.82, 2.24) is 0 Å². The summed E-state index contributed by atoms with van der Waals surface area (Å²) in [5, 5.41) is 1.19. The summed E-state index contributed by atoms with van der Waals surface area (Å²) >= 11 is 1.78. The summed E-state index contributed by atoms with van der Waals surface area (Å²) in [6.07, 6.45) is 8.20. The van der Waals surface area contributed by atoms with E-state index < -0.39 is 0 Å². The number of rotatable bonds is 5. The molecule has 2 aromatic heterocycles. The highest BCUT2D eigenvalue weighted by atomic mass is 127. The zero-order chi connectivity index (χ0) is 19.5. The van der Waals surface area contributed by atoms with Crippen LogP contribution in [0.4, 0.5) is 5.69 Å². The fraction of sp³-hybridized carbons (Fsp3) is 0.125. The van der Waals surface area contributed by atoms with Crippen molar-refractivity contribution in [2.45, 2.75) is 0 Å². The number of halogens is 1. The summed E-state index contributed by atoms with van der Waals surface area (Å²) in [5.74, 6) is 1.69. The van der Waals surface area contributed by atoms with E-state index in [1.807, 2.05) is 38.4 Å². The predicted octanol–water partition coefficient (Wildman–Crippen LogP) is 2.73. The van der Waals surface area contributed by atoms with Crippen molar-refractivity contribution < 1.29 is 33.0 Å². The molecule has 4 aromatic rings. The van der Waals surface area contributed by atoms with Crippen molar-refractivity contribution in [2.24, 2.45) is 7.05 Å². The van der Waals surface area contributed by atoms with Crippen molar-refractivity contribution >= 4 is 51.5 Å². The molecule has 0 atom stereocenters. The van der Waals surface area contributed by atoms with Gasteiger partial charge < -0.3 is 33.3 Å². The molecule has 0 aliphatic rings. The van der Waals surface area contributed by atoms with Gasteiger partial charge in [0.05, 0.1) is 0 Å². The summed E-state index contributed by atoms with van der Waals surface area (Å²) in [4.78, 5) is 2.09. The first-order chi connectivity index (χ1) is 13.6. The maximum absolute atomic E-state index is 5.92. The molecule has 0 saturated carbocycles. The number of furan rings is 1. The highest BCUT2D eigenvalue weighted by Crippen LogP contribution is 2.22.